The summed E-state index contributed by atoms with van der Waals surface area (Å²) in [5, 5.41) is 0. The molecule has 1 fully saturated rings. The molecule has 0 saturated carbocycles. The van der Waals surface area contributed by atoms with Crippen LogP contribution < -0.4 is 0 Å². The van der Waals surface area contributed by atoms with Crippen LogP contribution in [0.1, 0.15) is 33.5 Å². The van der Waals surface area contributed by atoms with Gasteiger partial charge in [0.15, 0.2) is 4.27 Å². The highest BCUT2D eigenvalue weighted by molar-refractivity contribution is 6.63. The Balaban J connectivity index is 0.000000195. The lowest BCUT2D eigenvalue weighted by Crippen LogP contribution is -2.36. The summed E-state index contributed by atoms with van der Waals surface area (Å²) in [5.74, 6) is 0. The van der Waals surface area contributed by atoms with Gasteiger partial charge < -0.3 is 4.90 Å². The first-order valence-electron chi connectivity index (χ1n) is 5.46. The van der Waals surface area contributed by atoms with E-state index in [-0.39, 0.29) is 0 Å². The van der Waals surface area contributed by atoms with Crippen molar-refractivity contribution in [2.45, 2.75) is 42.4 Å². The first-order valence-corrected chi connectivity index (χ1v) is 6.09. The molecule has 1 saturated heterocycles. The largest absolute Gasteiger partial charge is 0.375 e. The van der Waals surface area contributed by atoms with E-state index < -0.39 is 4.27 Å². The Kier molecular flexibility index (Phi) is 5.31. The molecule has 2 aliphatic rings. The molecule has 0 amide bonds. The Hall–Kier alpha value is 0.410. The van der Waals surface area contributed by atoms with Crippen LogP contribution in [0.3, 0.4) is 0 Å². The molecular weight excluding hydrogens is 240 g/mol. The van der Waals surface area contributed by atoms with Crippen molar-refractivity contribution in [1.29, 1.82) is 0 Å². The average Bonchev–Trinajstić information content (AvgIpc) is 2.16. The number of hydrogen-bond donors (Lipinski definition) is 0. The highest BCUT2D eigenvalue weighted by Crippen LogP contribution is 2.24. The third-order valence-corrected chi connectivity index (χ3v) is 2.64. The van der Waals surface area contributed by atoms with Crippen LogP contribution in [-0.2, 0) is 0 Å². The third kappa shape index (κ3) is 4.77. The second kappa shape index (κ2) is 6.81. The number of rotatable bonds is 0. The number of allylic oxidation sites excluding steroid dienone is 1. The van der Waals surface area contributed by atoms with E-state index in [0.717, 1.165) is 6.04 Å². The normalized spacial score (nSPS) is 27.2. The van der Waals surface area contributed by atoms with Gasteiger partial charge in [0.25, 0.3) is 0 Å². The molecular formula is C10H16Cl3N. The molecule has 0 aromatic heterocycles. The zero-order valence-corrected chi connectivity index (χ0v) is 10.3. The van der Waals surface area contributed by atoms with Gasteiger partial charge in [-0.1, -0.05) is 40.9 Å². The minimum Gasteiger partial charge on any atom is -0.375 e. The van der Waals surface area contributed by atoms with Crippen LogP contribution in [0.4, 0.5) is 0 Å². The summed E-state index contributed by atoms with van der Waals surface area (Å²) >= 11 is 14.2. The number of halogens is 3. The van der Waals surface area contributed by atoms with Crippen molar-refractivity contribution in [3.8, 4) is 0 Å². The Labute approximate surface area is 102 Å². The van der Waals surface area contributed by atoms with E-state index in [1.54, 1.807) is 0 Å². The van der Waals surface area contributed by atoms with Crippen LogP contribution in [0.15, 0.2) is 12.3 Å². The summed E-state index contributed by atoms with van der Waals surface area (Å²) in [6.45, 7) is 1.31. The van der Waals surface area contributed by atoms with Crippen molar-refractivity contribution in [3.05, 3.63) is 12.3 Å². The Morgan fingerprint density at radius 1 is 1.29 bits per heavy atom. The van der Waals surface area contributed by atoms with E-state index in [2.05, 4.69) is 17.2 Å². The lowest BCUT2D eigenvalue weighted by Gasteiger charge is -2.37. The van der Waals surface area contributed by atoms with Crippen LogP contribution in [0.25, 0.3) is 0 Å². The Morgan fingerprint density at radius 2 is 2.00 bits per heavy atom. The molecule has 0 aromatic carbocycles. The van der Waals surface area contributed by atoms with E-state index >= 15 is 0 Å². The Morgan fingerprint density at radius 3 is 2.64 bits per heavy atom. The van der Waals surface area contributed by atoms with Crippen LogP contribution in [-0.4, -0.2) is 21.8 Å². The molecule has 4 heteroatoms. The number of alkyl halides is 3. The maximum atomic E-state index is 6.23. The van der Waals surface area contributed by atoms with Crippen LogP contribution in [0.5, 0.6) is 0 Å². The summed E-state index contributed by atoms with van der Waals surface area (Å²) < 4.78 is 4.40. The molecule has 82 valence electrons. The topological polar surface area (TPSA) is 3.24 Å². The zero-order chi connectivity index (χ0) is 11.3. The molecule has 2 rings (SSSR count). The van der Waals surface area contributed by atoms with Crippen molar-refractivity contribution in [3.63, 3.8) is 0 Å². The van der Waals surface area contributed by atoms with E-state index in [1.165, 1.54) is 38.6 Å². The minimum atomic E-state index is -1.83. The molecule has 0 bridgehead atoms. The van der Waals surface area contributed by atoms with Crippen LogP contribution in [0.2, 0.25) is 0 Å². The highest BCUT2D eigenvalue weighted by Gasteiger charge is 2.20. The minimum absolute atomic E-state index is 0.902. The fourth-order valence-corrected chi connectivity index (χ4v) is 2.03. The fraction of sp³-hybridized carbons (Fsp3) is 0.800. The third-order valence-electron chi connectivity index (χ3n) is 2.64. The zero-order valence-electron chi connectivity index (χ0n) is 9.06. The maximum absolute atomic E-state index is 6.23. The van der Waals surface area contributed by atoms with Gasteiger partial charge in [0.1, 0.15) is 0 Å². The summed E-state index contributed by atoms with van der Waals surface area (Å²) in [6, 6.07) is 0.902. The fourth-order valence-electron chi connectivity index (χ4n) is 2.03. The molecule has 1 nitrogen and oxygen atoms in total. The molecule has 1 atom stereocenters. The molecule has 0 radical (unpaired) electrons. The highest BCUT2D eigenvalue weighted by atomic mass is 35.6. The summed E-state index contributed by atoms with van der Waals surface area (Å²) in [6.07, 6.45) is 11.6. The Bertz CT molecular complexity index is 209. The number of nitrogens with zero attached hydrogens (tertiary/aromatic N) is 1. The lowest BCUT2D eigenvalue weighted by atomic mass is 9.96. The van der Waals surface area contributed by atoms with Gasteiger partial charge in [-0.3, -0.25) is 0 Å². The van der Waals surface area contributed by atoms with Crippen molar-refractivity contribution in [2.24, 2.45) is 0 Å². The molecule has 2 heterocycles. The summed E-state index contributed by atoms with van der Waals surface area (Å²) in [7, 11) is 0. The van der Waals surface area contributed by atoms with Gasteiger partial charge in [-0.05, 0) is 38.3 Å². The van der Waals surface area contributed by atoms with E-state index in [9.17, 15) is 0 Å². The average molecular weight is 258 g/mol. The van der Waals surface area contributed by atoms with Crippen LogP contribution >= 0.6 is 34.8 Å². The molecule has 0 N–H and O–H groups in total. The lowest BCUT2D eigenvalue weighted by molar-refractivity contribution is 0.193. The van der Waals surface area contributed by atoms with Crippen molar-refractivity contribution >= 4 is 34.8 Å². The maximum Gasteiger partial charge on any atom is 0.180 e. The van der Waals surface area contributed by atoms with Gasteiger partial charge in [0, 0.05) is 12.6 Å². The van der Waals surface area contributed by atoms with Crippen molar-refractivity contribution in [1.82, 2.24) is 4.90 Å². The molecule has 0 aliphatic carbocycles. The van der Waals surface area contributed by atoms with Gasteiger partial charge in [-0.2, -0.15) is 0 Å². The monoisotopic (exact) mass is 256 g/mol. The standard InChI is InChI=1S/C9H15N.CHCl3/c1-3-7-10-8-4-2-6-9(10)5-1;2-1(3)4/h3,7,9H,1-2,4-6,8H2;1H/i;1D. The number of piperidine rings is 1. The predicted octanol–water partition coefficient (Wildman–Crippen LogP) is 4.13. The van der Waals surface area contributed by atoms with Crippen molar-refractivity contribution < 1.29 is 1.37 Å². The quantitative estimate of drug-likeness (QED) is 0.590. The van der Waals surface area contributed by atoms with Gasteiger partial charge >= 0.3 is 0 Å². The first kappa shape index (κ1) is 10.9. The summed E-state index contributed by atoms with van der Waals surface area (Å²) in [5.41, 5.74) is 0. The van der Waals surface area contributed by atoms with Gasteiger partial charge in [-0.25, -0.2) is 0 Å². The second-order valence-electron chi connectivity index (χ2n) is 3.56. The van der Waals surface area contributed by atoms with E-state index in [1.807, 2.05) is 0 Å². The molecule has 2 aliphatic heterocycles. The SMILES string of the molecule is C1=CN2CCCCC2CC1.[2H]C(Cl)(Cl)Cl. The van der Waals surface area contributed by atoms with Gasteiger partial charge in [-0.15, -0.1) is 0 Å². The molecule has 1 unspecified atom stereocenters. The van der Waals surface area contributed by atoms with Crippen molar-refractivity contribution in [2.75, 3.05) is 6.54 Å². The number of fused-ring (bicyclic) bond motifs is 1. The molecule has 0 aromatic rings. The van der Waals surface area contributed by atoms with Gasteiger partial charge in [0.2, 0.25) is 0 Å². The van der Waals surface area contributed by atoms with E-state index in [0.29, 0.717) is 0 Å². The van der Waals surface area contributed by atoms with Gasteiger partial charge in [0.05, 0.1) is 1.37 Å². The van der Waals surface area contributed by atoms with Crippen LogP contribution in [0, 0.1) is 0 Å². The second-order valence-corrected chi connectivity index (χ2v) is 5.28. The smallest absolute Gasteiger partial charge is 0.180 e. The van der Waals surface area contributed by atoms with E-state index in [4.69, 9.17) is 36.2 Å². The molecule has 14 heavy (non-hydrogen) atoms. The molecule has 0 spiro atoms. The first-order chi connectivity index (χ1) is 6.97. The number of hydrogen-bond acceptors (Lipinski definition) is 1. The summed E-state index contributed by atoms with van der Waals surface area (Å²) in [4.78, 5) is 2.52. The predicted molar refractivity (Wildman–Crippen MR) is 64.1 cm³/mol.